The quantitative estimate of drug-likeness (QED) is 0.812. The van der Waals surface area contributed by atoms with Crippen LogP contribution in [0.2, 0.25) is 0 Å². The van der Waals surface area contributed by atoms with Gasteiger partial charge in [0.1, 0.15) is 0 Å². The molecular formula is C13H13N2O4-. The third-order valence-corrected chi connectivity index (χ3v) is 2.96. The summed E-state index contributed by atoms with van der Waals surface area (Å²) in [6.45, 7) is 1.53. The van der Waals surface area contributed by atoms with E-state index in [1.807, 2.05) is 0 Å². The molecule has 0 saturated carbocycles. The van der Waals surface area contributed by atoms with Gasteiger partial charge in [0.2, 0.25) is 11.8 Å². The monoisotopic (exact) mass is 261 g/mol. The number of carboxylic acids is 1. The Morgan fingerprint density at radius 2 is 1.95 bits per heavy atom. The van der Waals surface area contributed by atoms with Crippen molar-refractivity contribution in [3.05, 3.63) is 24.3 Å². The molecule has 1 aromatic carbocycles. The molecule has 0 spiro atoms. The molecule has 0 radical (unpaired) electrons. The van der Waals surface area contributed by atoms with Crippen molar-refractivity contribution >= 4 is 29.2 Å². The summed E-state index contributed by atoms with van der Waals surface area (Å²) < 4.78 is 0. The van der Waals surface area contributed by atoms with Gasteiger partial charge in [-0.2, -0.15) is 0 Å². The maximum Gasteiger partial charge on any atom is 0.227 e. The third-order valence-electron chi connectivity index (χ3n) is 2.96. The van der Waals surface area contributed by atoms with Crippen molar-refractivity contribution in [2.24, 2.45) is 5.92 Å². The fourth-order valence-electron chi connectivity index (χ4n) is 2.04. The number of carbonyl (C=O) groups excluding carboxylic acids is 3. The van der Waals surface area contributed by atoms with Gasteiger partial charge in [0.15, 0.2) is 0 Å². The minimum Gasteiger partial charge on any atom is -0.550 e. The van der Waals surface area contributed by atoms with Crippen molar-refractivity contribution in [2.75, 3.05) is 16.8 Å². The Labute approximate surface area is 110 Å². The van der Waals surface area contributed by atoms with Crippen molar-refractivity contribution in [3.63, 3.8) is 0 Å². The molecule has 0 bridgehead atoms. The zero-order valence-corrected chi connectivity index (χ0v) is 10.4. The predicted molar refractivity (Wildman–Crippen MR) is 66.2 cm³/mol. The number of carbonyl (C=O) groups is 3. The van der Waals surface area contributed by atoms with Crippen LogP contribution < -0.4 is 15.3 Å². The number of carboxylic acid groups (broad SMARTS) is 1. The first kappa shape index (κ1) is 13.1. The van der Waals surface area contributed by atoms with Crippen LogP contribution in [0.15, 0.2) is 24.3 Å². The van der Waals surface area contributed by atoms with Crippen LogP contribution in [0.1, 0.15) is 13.3 Å². The molecule has 2 amide bonds. The highest BCUT2D eigenvalue weighted by Crippen LogP contribution is 2.25. The summed E-state index contributed by atoms with van der Waals surface area (Å²) in [5.74, 6) is -2.38. The van der Waals surface area contributed by atoms with Gasteiger partial charge in [-0.3, -0.25) is 9.59 Å². The lowest BCUT2D eigenvalue weighted by atomic mass is 10.1. The number of benzene rings is 1. The van der Waals surface area contributed by atoms with Gasteiger partial charge >= 0.3 is 0 Å². The average molecular weight is 261 g/mol. The van der Waals surface area contributed by atoms with Crippen LogP contribution in [0.3, 0.4) is 0 Å². The number of amides is 2. The van der Waals surface area contributed by atoms with E-state index in [4.69, 9.17) is 0 Å². The van der Waals surface area contributed by atoms with E-state index in [9.17, 15) is 19.5 Å². The lowest BCUT2D eigenvalue weighted by Crippen LogP contribution is -2.33. The third kappa shape index (κ3) is 2.90. The highest BCUT2D eigenvalue weighted by atomic mass is 16.4. The van der Waals surface area contributed by atoms with Gasteiger partial charge in [0.25, 0.3) is 0 Å². The molecule has 1 heterocycles. The Morgan fingerprint density at radius 3 is 2.42 bits per heavy atom. The molecule has 100 valence electrons. The predicted octanol–water partition coefficient (Wildman–Crippen LogP) is -0.252. The summed E-state index contributed by atoms with van der Waals surface area (Å²) in [4.78, 5) is 34.8. The van der Waals surface area contributed by atoms with Gasteiger partial charge < -0.3 is 20.1 Å². The second kappa shape index (κ2) is 5.09. The van der Waals surface area contributed by atoms with Gasteiger partial charge in [-0.15, -0.1) is 0 Å². The molecule has 1 aliphatic rings. The minimum absolute atomic E-state index is 0.0320. The number of hydrogen-bond acceptors (Lipinski definition) is 4. The van der Waals surface area contributed by atoms with Gasteiger partial charge in [0.05, 0.1) is 0 Å². The summed E-state index contributed by atoms with van der Waals surface area (Å²) in [5, 5.41) is 13.4. The Morgan fingerprint density at radius 1 is 1.32 bits per heavy atom. The summed E-state index contributed by atoms with van der Waals surface area (Å²) in [6.07, 6.45) is -0.0320. The van der Waals surface area contributed by atoms with Crippen LogP contribution in [0.5, 0.6) is 0 Å². The zero-order valence-electron chi connectivity index (χ0n) is 10.4. The van der Waals surface area contributed by atoms with E-state index < -0.39 is 11.9 Å². The largest absolute Gasteiger partial charge is 0.550 e. The fourth-order valence-corrected chi connectivity index (χ4v) is 2.04. The molecule has 6 nitrogen and oxygen atoms in total. The van der Waals surface area contributed by atoms with E-state index in [-0.39, 0.29) is 24.8 Å². The molecule has 1 N–H and O–H groups in total. The topological polar surface area (TPSA) is 89.5 Å². The first-order valence-electron chi connectivity index (χ1n) is 5.86. The molecule has 19 heavy (non-hydrogen) atoms. The van der Waals surface area contributed by atoms with E-state index in [0.717, 1.165) is 0 Å². The molecule has 1 saturated heterocycles. The summed E-state index contributed by atoms with van der Waals surface area (Å²) in [7, 11) is 0. The van der Waals surface area contributed by atoms with Crippen LogP contribution in [0.4, 0.5) is 11.4 Å². The molecule has 2 rings (SSSR count). The van der Waals surface area contributed by atoms with E-state index in [2.05, 4.69) is 5.32 Å². The number of rotatable bonds is 3. The summed E-state index contributed by atoms with van der Waals surface area (Å²) >= 11 is 0. The van der Waals surface area contributed by atoms with Crippen LogP contribution in [-0.2, 0) is 14.4 Å². The molecule has 1 fully saturated rings. The molecule has 6 heteroatoms. The van der Waals surface area contributed by atoms with Crippen molar-refractivity contribution in [2.45, 2.75) is 13.3 Å². The normalized spacial score (nSPS) is 18.5. The molecule has 0 aliphatic carbocycles. The van der Waals surface area contributed by atoms with E-state index in [1.165, 1.54) is 11.8 Å². The lowest BCUT2D eigenvalue weighted by Gasteiger charge is -2.17. The summed E-state index contributed by atoms with van der Waals surface area (Å²) in [6, 6.07) is 6.66. The molecule has 0 unspecified atom stereocenters. The van der Waals surface area contributed by atoms with Crippen molar-refractivity contribution in [1.82, 2.24) is 0 Å². The van der Waals surface area contributed by atoms with Crippen LogP contribution in [0.25, 0.3) is 0 Å². The van der Waals surface area contributed by atoms with Gasteiger partial charge in [-0.25, -0.2) is 0 Å². The smallest absolute Gasteiger partial charge is 0.227 e. The second-order valence-corrected chi connectivity index (χ2v) is 4.45. The number of nitrogens with one attached hydrogen (secondary N) is 1. The highest BCUT2D eigenvalue weighted by Gasteiger charge is 2.31. The SMILES string of the molecule is CC(=O)Nc1ccc(N2C[C@H](C(=O)[O-])CC2=O)cc1. The number of hydrogen-bond donors (Lipinski definition) is 1. The number of aliphatic carboxylic acids is 1. The average Bonchev–Trinajstić information content (AvgIpc) is 2.72. The maximum atomic E-state index is 11.7. The Bertz CT molecular complexity index is 524. The molecule has 1 atom stereocenters. The Balaban J connectivity index is 2.12. The standard InChI is InChI=1S/C13H14N2O4/c1-8(16)14-10-2-4-11(5-3-10)15-7-9(13(18)19)6-12(15)17/h2-5,9H,6-7H2,1H3,(H,14,16)(H,18,19)/p-1/t9-/m1/s1. The van der Waals surface area contributed by atoms with Crippen molar-refractivity contribution < 1.29 is 19.5 Å². The van der Waals surface area contributed by atoms with Gasteiger partial charge in [-0.05, 0) is 24.3 Å². The second-order valence-electron chi connectivity index (χ2n) is 4.45. The Kier molecular flexibility index (Phi) is 3.50. The van der Waals surface area contributed by atoms with E-state index in [1.54, 1.807) is 24.3 Å². The van der Waals surface area contributed by atoms with Crippen LogP contribution in [-0.4, -0.2) is 24.3 Å². The van der Waals surface area contributed by atoms with Crippen molar-refractivity contribution in [1.29, 1.82) is 0 Å². The van der Waals surface area contributed by atoms with Crippen LogP contribution >= 0.6 is 0 Å². The molecule has 0 aromatic heterocycles. The molecule has 1 aliphatic heterocycles. The maximum absolute atomic E-state index is 11.7. The summed E-state index contributed by atoms with van der Waals surface area (Å²) in [5.41, 5.74) is 1.24. The number of nitrogens with zero attached hydrogens (tertiary/aromatic N) is 1. The number of anilines is 2. The van der Waals surface area contributed by atoms with E-state index in [0.29, 0.717) is 11.4 Å². The highest BCUT2D eigenvalue weighted by molar-refractivity contribution is 5.99. The van der Waals surface area contributed by atoms with Crippen molar-refractivity contribution in [3.8, 4) is 0 Å². The molecular weight excluding hydrogens is 248 g/mol. The molecule has 1 aromatic rings. The minimum atomic E-state index is -1.20. The first-order valence-corrected chi connectivity index (χ1v) is 5.86. The Hall–Kier alpha value is -2.37. The first-order chi connectivity index (χ1) is 8.97. The van der Waals surface area contributed by atoms with Crippen LogP contribution in [0, 0.1) is 5.92 Å². The van der Waals surface area contributed by atoms with E-state index >= 15 is 0 Å². The van der Waals surface area contributed by atoms with Gasteiger partial charge in [0, 0.05) is 43.2 Å². The lowest BCUT2D eigenvalue weighted by molar-refractivity contribution is -0.310. The fraction of sp³-hybridized carbons (Fsp3) is 0.308. The zero-order chi connectivity index (χ0) is 14.0. The van der Waals surface area contributed by atoms with Gasteiger partial charge in [-0.1, -0.05) is 0 Å².